The first-order valence-corrected chi connectivity index (χ1v) is 11.1. The summed E-state index contributed by atoms with van der Waals surface area (Å²) in [6, 6.07) is -0.558. The van der Waals surface area contributed by atoms with Crippen LogP contribution < -0.4 is 5.32 Å². The maximum atomic E-state index is 13.3. The van der Waals surface area contributed by atoms with Crippen molar-refractivity contribution in [3.8, 4) is 0 Å². The van der Waals surface area contributed by atoms with Gasteiger partial charge in [0, 0.05) is 26.4 Å². The Balaban J connectivity index is 2.35. The molecule has 10 heteroatoms. The molecule has 0 aromatic rings. The first kappa shape index (κ1) is 24.6. The summed E-state index contributed by atoms with van der Waals surface area (Å²) in [5.74, 6) is 0. The van der Waals surface area contributed by atoms with E-state index in [1.54, 1.807) is 9.80 Å². The first-order chi connectivity index (χ1) is 14.6. The number of carbonyl (C=O) groups excluding carboxylic acids is 2. The van der Waals surface area contributed by atoms with Crippen LogP contribution in [0.25, 0.3) is 0 Å². The Morgan fingerprint density at radius 1 is 0.767 bits per heavy atom. The molecular weight excluding hydrogens is 392 g/mol. The van der Waals surface area contributed by atoms with Gasteiger partial charge in [-0.1, -0.05) is 27.7 Å². The van der Waals surface area contributed by atoms with Crippen LogP contribution in [0.4, 0.5) is 9.59 Å². The van der Waals surface area contributed by atoms with E-state index in [0.29, 0.717) is 26.4 Å². The molecule has 10 nitrogen and oxygen atoms in total. The number of rotatable bonds is 16. The highest BCUT2D eigenvalue weighted by atomic mass is 16.5. The minimum Gasteiger partial charge on any atom is -0.377 e. The number of nitrogens with one attached hydrogen (secondary N) is 1. The van der Waals surface area contributed by atoms with E-state index in [4.69, 9.17) is 18.9 Å². The van der Waals surface area contributed by atoms with Crippen LogP contribution in [-0.4, -0.2) is 91.8 Å². The average Bonchev–Trinajstić information content (AvgIpc) is 3.12. The van der Waals surface area contributed by atoms with Gasteiger partial charge in [0.05, 0.1) is 6.61 Å². The van der Waals surface area contributed by atoms with Gasteiger partial charge in [-0.05, 0) is 25.7 Å². The Hall–Kier alpha value is -1.62. The molecule has 0 spiro atoms. The molecule has 2 aliphatic rings. The maximum Gasteiger partial charge on any atom is 0.327 e. The Morgan fingerprint density at radius 3 is 1.83 bits per heavy atom. The van der Waals surface area contributed by atoms with Gasteiger partial charge >= 0.3 is 12.1 Å². The average molecular weight is 431 g/mol. The van der Waals surface area contributed by atoms with Crippen LogP contribution in [0.15, 0.2) is 0 Å². The first-order valence-electron chi connectivity index (χ1n) is 11.1. The lowest BCUT2D eigenvalue weighted by atomic mass is 10.1. The second-order valence-corrected chi connectivity index (χ2v) is 7.50. The molecule has 0 aliphatic carbocycles. The molecule has 2 heterocycles. The summed E-state index contributed by atoms with van der Waals surface area (Å²) in [5, 5.41) is 2.94. The van der Waals surface area contributed by atoms with Gasteiger partial charge in [-0.2, -0.15) is 0 Å². The molecule has 0 aromatic heterocycles. The zero-order valence-corrected chi connectivity index (χ0v) is 18.9. The standard InChI is InChI=1S/C20H38N4O6/c1-5-9-27-13-20-17(21-18(25)23(20)15-29-11-7-3)22(14-28-10-6-2)19(26)24(20)16-30-12-8-4/h17H,5-16H2,1-4H3,(H,21,25). The highest BCUT2D eigenvalue weighted by molar-refractivity contribution is 5.86. The molecule has 2 unspecified atom stereocenters. The molecular formula is C20H38N4O6. The van der Waals surface area contributed by atoms with Crippen molar-refractivity contribution in [2.75, 3.05) is 53.2 Å². The predicted octanol–water partition coefficient (Wildman–Crippen LogP) is 2.35. The third-order valence-corrected chi connectivity index (χ3v) is 5.05. The molecule has 0 bridgehead atoms. The Morgan fingerprint density at radius 2 is 1.27 bits per heavy atom. The summed E-state index contributed by atoms with van der Waals surface area (Å²) in [6.07, 6.45) is 2.70. The molecule has 2 fully saturated rings. The van der Waals surface area contributed by atoms with E-state index in [0.717, 1.165) is 25.7 Å². The normalized spacial score (nSPS) is 23.5. The summed E-state index contributed by atoms with van der Waals surface area (Å²) < 4.78 is 23.0. The van der Waals surface area contributed by atoms with Crippen LogP contribution in [0.5, 0.6) is 0 Å². The fourth-order valence-corrected chi connectivity index (χ4v) is 3.66. The molecule has 2 aliphatic heterocycles. The van der Waals surface area contributed by atoms with E-state index >= 15 is 0 Å². The Kier molecular flexibility index (Phi) is 10.1. The fraction of sp³-hybridized carbons (Fsp3) is 0.900. The second kappa shape index (κ2) is 12.3. The van der Waals surface area contributed by atoms with Crippen molar-refractivity contribution in [3.63, 3.8) is 0 Å². The number of nitrogens with zero attached hydrogens (tertiary/aromatic N) is 3. The summed E-state index contributed by atoms with van der Waals surface area (Å²) in [5.41, 5.74) is -1.07. The van der Waals surface area contributed by atoms with E-state index in [1.165, 1.54) is 4.90 Å². The highest BCUT2D eigenvalue weighted by Gasteiger charge is 2.67. The Labute approximate surface area is 179 Å². The quantitative estimate of drug-likeness (QED) is 0.378. The zero-order valence-electron chi connectivity index (χ0n) is 18.9. The molecule has 174 valence electrons. The lowest BCUT2D eigenvalue weighted by molar-refractivity contribution is -0.118. The van der Waals surface area contributed by atoms with E-state index < -0.39 is 11.8 Å². The molecule has 2 rings (SSSR count). The number of amides is 4. The second-order valence-electron chi connectivity index (χ2n) is 7.50. The van der Waals surface area contributed by atoms with Crippen LogP contribution in [0.2, 0.25) is 0 Å². The van der Waals surface area contributed by atoms with Crippen LogP contribution in [-0.2, 0) is 18.9 Å². The zero-order chi connectivity index (χ0) is 22.0. The molecule has 0 aromatic carbocycles. The third-order valence-electron chi connectivity index (χ3n) is 5.05. The van der Waals surface area contributed by atoms with Gasteiger partial charge in [0.25, 0.3) is 0 Å². The van der Waals surface area contributed by atoms with E-state index in [-0.39, 0.29) is 38.9 Å². The molecule has 30 heavy (non-hydrogen) atoms. The number of ether oxygens (including phenoxy) is 4. The highest BCUT2D eigenvalue weighted by Crippen LogP contribution is 2.39. The molecule has 2 atom stereocenters. The molecule has 0 radical (unpaired) electrons. The summed E-state index contributed by atoms with van der Waals surface area (Å²) in [4.78, 5) is 30.9. The van der Waals surface area contributed by atoms with Crippen molar-refractivity contribution in [1.29, 1.82) is 0 Å². The SMILES string of the molecule is CCCOCN1C(=O)N(COCCC)C2(COCCC)C1NC(=O)N2COCCC. The van der Waals surface area contributed by atoms with Gasteiger partial charge in [0.2, 0.25) is 0 Å². The molecule has 2 saturated heterocycles. The van der Waals surface area contributed by atoms with Crippen LogP contribution in [0.1, 0.15) is 53.4 Å². The lowest BCUT2D eigenvalue weighted by Gasteiger charge is -2.41. The minimum absolute atomic E-state index is 0.0577. The van der Waals surface area contributed by atoms with Crippen molar-refractivity contribution in [3.05, 3.63) is 0 Å². The van der Waals surface area contributed by atoms with Crippen molar-refractivity contribution >= 4 is 12.1 Å². The Bertz CT molecular complexity index is 551. The molecule has 1 N–H and O–H groups in total. The van der Waals surface area contributed by atoms with Crippen molar-refractivity contribution in [1.82, 2.24) is 20.0 Å². The van der Waals surface area contributed by atoms with Gasteiger partial charge in [0.15, 0.2) is 11.8 Å². The number of hydrogen-bond acceptors (Lipinski definition) is 6. The summed E-state index contributed by atoms with van der Waals surface area (Å²) in [6.45, 7) is 10.5. The topological polar surface area (TPSA) is 92.8 Å². The summed E-state index contributed by atoms with van der Waals surface area (Å²) >= 11 is 0. The monoisotopic (exact) mass is 430 g/mol. The number of fused-ring (bicyclic) bond motifs is 1. The van der Waals surface area contributed by atoms with Crippen LogP contribution >= 0.6 is 0 Å². The number of urea groups is 2. The smallest absolute Gasteiger partial charge is 0.327 e. The third kappa shape index (κ3) is 5.16. The molecule has 0 saturated carbocycles. The summed E-state index contributed by atoms with van der Waals surface area (Å²) in [7, 11) is 0. The number of carbonyl (C=O) groups is 2. The van der Waals surface area contributed by atoms with Crippen molar-refractivity contribution in [2.45, 2.75) is 65.2 Å². The minimum atomic E-state index is -1.07. The fourth-order valence-electron chi connectivity index (χ4n) is 3.66. The van der Waals surface area contributed by atoms with Gasteiger partial charge in [0.1, 0.15) is 20.2 Å². The van der Waals surface area contributed by atoms with Gasteiger partial charge in [-0.3, -0.25) is 14.7 Å². The number of hydrogen-bond donors (Lipinski definition) is 1. The lowest BCUT2D eigenvalue weighted by Crippen LogP contribution is -2.63. The van der Waals surface area contributed by atoms with E-state index in [9.17, 15) is 9.59 Å². The van der Waals surface area contributed by atoms with Crippen molar-refractivity contribution in [2.24, 2.45) is 0 Å². The molecule has 4 amide bonds. The van der Waals surface area contributed by atoms with E-state index in [1.807, 2.05) is 27.7 Å². The van der Waals surface area contributed by atoms with Gasteiger partial charge in [-0.15, -0.1) is 0 Å². The van der Waals surface area contributed by atoms with Gasteiger partial charge < -0.3 is 24.3 Å². The van der Waals surface area contributed by atoms with Crippen LogP contribution in [0.3, 0.4) is 0 Å². The van der Waals surface area contributed by atoms with Crippen LogP contribution in [0, 0.1) is 0 Å². The van der Waals surface area contributed by atoms with Gasteiger partial charge in [-0.25, -0.2) is 9.59 Å². The van der Waals surface area contributed by atoms with E-state index in [2.05, 4.69) is 5.32 Å². The largest absolute Gasteiger partial charge is 0.377 e. The van der Waals surface area contributed by atoms with Crippen molar-refractivity contribution < 1.29 is 28.5 Å². The maximum absolute atomic E-state index is 13.3. The predicted molar refractivity (Wildman–Crippen MR) is 110 cm³/mol.